The number of hydrogen-bond donors (Lipinski definition) is 2. The zero-order chi connectivity index (χ0) is 14.6. The van der Waals surface area contributed by atoms with E-state index < -0.39 is 0 Å². The van der Waals surface area contributed by atoms with Crippen molar-refractivity contribution in [3.63, 3.8) is 0 Å². The Morgan fingerprint density at radius 2 is 2.14 bits per heavy atom. The number of ether oxygens (including phenoxy) is 1. The number of furan rings is 1. The first-order valence-electron chi connectivity index (χ1n) is 6.88. The van der Waals surface area contributed by atoms with Gasteiger partial charge in [0.25, 0.3) is 0 Å². The number of hydrogen-bond acceptors (Lipinski definition) is 4. The second-order valence-corrected chi connectivity index (χ2v) is 4.16. The number of carbonyl (C=O) groups is 1. The molecular formula is C14H24IN3O3. The highest BCUT2D eigenvalue weighted by atomic mass is 127. The molecule has 0 amide bonds. The van der Waals surface area contributed by atoms with Gasteiger partial charge in [0, 0.05) is 33.0 Å². The van der Waals surface area contributed by atoms with Gasteiger partial charge in [0.1, 0.15) is 5.76 Å². The van der Waals surface area contributed by atoms with Crippen molar-refractivity contribution in [3.8, 4) is 0 Å². The van der Waals surface area contributed by atoms with E-state index in [0.717, 1.165) is 31.1 Å². The van der Waals surface area contributed by atoms with Crippen LogP contribution in [-0.2, 0) is 16.0 Å². The number of guanidine groups is 1. The fourth-order valence-electron chi connectivity index (χ4n) is 1.65. The summed E-state index contributed by atoms with van der Waals surface area (Å²) in [4.78, 5) is 15.3. The summed E-state index contributed by atoms with van der Waals surface area (Å²) in [5, 5.41) is 6.33. The number of aliphatic imine (C=N–C) groups is 1. The molecule has 0 aliphatic heterocycles. The normalized spacial score (nSPS) is 10.7. The van der Waals surface area contributed by atoms with Gasteiger partial charge in [-0.05, 0) is 25.5 Å². The summed E-state index contributed by atoms with van der Waals surface area (Å²) in [6, 6.07) is 3.81. The van der Waals surface area contributed by atoms with Gasteiger partial charge in [-0.1, -0.05) is 0 Å². The Balaban J connectivity index is 0.00000400. The summed E-state index contributed by atoms with van der Waals surface area (Å²) in [6.07, 6.45) is 3.61. The largest absolute Gasteiger partial charge is 0.469 e. The van der Waals surface area contributed by atoms with Crippen LogP contribution in [0.5, 0.6) is 0 Å². The fourth-order valence-corrected chi connectivity index (χ4v) is 1.65. The Labute approximate surface area is 142 Å². The number of nitrogens with zero attached hydrogens (tertiary/aromatic N) is 1. The van der Waals surface area contributed by atoms with E-state index in [4.69, 9.17) is 9.15 Å². The molecule has 0 saturated carbocycles. The van der Waals surface area contributed by atoms with Crippen LogP contribution in [0.25, 0.3) is 0 Å². The van der Waals surface area contributed by atoms with Crippen LogP contribution >= 0.6 is 24.0 Å². The molecule has 120 valence electrons. The van der Waals surface area contributed by atoms with Gasteiger partial charge in [-0.15, -0.1) is 24.0 Å². The lowest BCUT2D eigenvalue weighted by Crippen LogP contribution is -2.38. The molecule has 7 heteroatoms. The summed E-state index contributed by atoms with van der Waals surface area (Å²) in [6.45, 7) is 3.66. The molecule has 0 spiro atoms. The van der Waals surface area contributed by atoms with Crippen LogP contribution in [0.2, 0.25) is 0 Å². The summed E-state index contributed by atoms with van der Waals surface area (Å²) in [5.74, 6) is 1.51. The van der Waals surface area contributed by atoms with Crippen molar-refractivity contribution in [1.82, 2.24) is 10.6 Å². The molecule has 1 rings (SSSR count). The van der Waals surface area contributed by atoms with Gasteiger partial charge in [0.15, 0.2) is 5.96 Å². The first-order valence-corrected chi connectivity index (χ1v) is 6.88. The highest BCUT2D eigenvalue weighted by Crippen LogP contribution is 1.99. The molecule has 0 unspecified atom stereocenters. The zero-order valence-corrected chi connectivity index (χ0v) is 14.9. The second kappa shape index (κ2) is 12.5. The molecule has 6 nitrogen and oxygen atoms in total. The summed E-state index contributed by atoms with van der Waals surface area (Å²) < 4.78 is 10.1. The Morgan fingerprint density at radius 3 is 2.76 bits per heavy atom. The second-order valence-electron chi connectivity index (χ2n) is 4.16. The third-order valence-corrected chi connectivity index (χ3v) is 2.62. The van der Waals surface area contributed by atoms with E-state index in [-0.39, 0.29) is 29.9 Å². The summed E-state index contributed by atoms with van der Waals surface area (Å²) in [5.41, 5.74) is 0. The Hall–Kier alpha value is -1.25. The standard InChI is InChI=1S/C14H23N3O3.HI/c1-3-19-13(18)7-4-9-16-14(15-2)17-10-8-12-6-5-11-20-12;/h5-6,11H,3-4,7-10H2,1-2H3,(H2,15,16,17);1H. The molecule has 0 aliphatic carbocycles. The first-order chi connectivity index (χ1) is 9.76. The zero-order valence-electron chi connectivity index (χ0n) is 12.6. The average molecular weight is 409 g/mol. The van der Waals surface area contributed by atoms with E-state index >= 15 is 0 Å². The SMILES string of the molecule is CCOC(=O)CCCNC(=NC)NCCc1ccco1.I. The fraction of sp³-hybridized carbons (Fsp3) is 0.571. The van der Waals surface area contributed by atoms with Gasteiger partial charge in [0.05, 0.1) is 12.9 Å². The molecule has 0 saturated heterocycles. The van der Waals surface area contributed by atoms with Crippen molar-refractivity contribution in [2.45, 2.75) is 26.2 Å². The molecule has 21 heavy (non-hydrogen) atoms. The summed E-state index contributed by atoms with van der Waals surface area (Å²) >= 11 is 0. The molecule has 1 aromatic heterocycles. The molecular weight excluding hydrogens is 385 g/mol. The molecule has 0 fully saturated rings. The lowest BCUT2D eigenvalue weighted by atomic mass is 10.3. The van der Waals surface area contributed by atoms with Crippen molar-refractivity contribution in [2.75, 3.05) is 26.7 Å². The molecule has 2 N–H and O–H groups in total. The van der Waals surface area contributed by atoms with Crippen LogP contribution in [0.4, 0.5) is 0 Å². The maximum Gasteiger partial charge on any atom is 0.305 e. The number of halogens is 1. The van der Waals surface area contributed by atoms with Gasteiger partial charge < -0.3 is 19.8 Å². The average Bonchev–Trinajstić information content (AvgIpc) is 2.95. The first kappa shape index (κ1) is 19.8. The summed E-state index contributed by atoms with van der Waals surface area (Å²) in [7, 11) is 1.72. The van der Waals surface area contributed by atoms with E-state index in [2.05, 4.69) is 15.6 Å². The Kier molecular flexibility index (Phi) is 11.7. The molecule has 0 atom stereocenters. The highest BCUT2D eigenvalue weighted by Gasteiger charge is 2.02. The minimum absolute atomic E-state index is 0. The molecule has 0 aliphatic rings. The van der Waals surface area contributed by atoms with Crippen LogP contribution in [0.15, 0.2) is 27.8 Å². The minimum Gasteiger partial charge on any atom is -0.469 e. The van der Waals surface area contributed by atoms with Gasteiger partial charge in [0.2, 0.25) is 0 Å². The maximum atomic E-state index is 11.2. The van der Waals surface area contributed by atoms with Gasteiger partial charge in [-0.3, -0.25) is 9.79 Å². The van der Waals surface area contributed by atoms with Crippen LogP contribution in [0.1, 0.15) is 25.5 Å². The number of carbonyl (C=O) groups excluding carboxylic acids is 1. The number of esters is 1. The lowest BCUT2D eigenvalue weighted by molar-refractivity contribution is -0.143. The van der Waals surface area contributed by atoms with E-state index in [1.807, 2.05) is 12.1 Å². The smallest absolute Gasteiger partial charge is 0.305 e. The number of rotatable bonds is 8. The third kappa shape index (κ3) is 9.33. The van der Waals surface area contributed by atoms with Crippen molar-refractivity contribution in [1.29, 1.82) is 0 Å². The van der Waals surface area contributed by atoms with Gasteiger partial charge >= 0.3 is 5.97 Å². The molecule has 1 heterocycles. The van der Waals surface area contributed by atoms with Crippen LogP contribution < -0.4 is 10.6 Å². The predicted molar refractivity (Wildman–Crippen MR) is 93.1 cm³/mol. The van der Waals surface area contributed by atoms with E-state index in [1.54, 1.807) is 20.2 Å². The molecule has 1 aromatic rings. The highest BCUT2D eigenvalue weighted by molar-refractivity contribution is 14.0. The third-order valence-electron chi connectivity index (χ3n) is 2.62. The van der Waals surface area contributed by atoms with Crippen molar-refractivity contribution < 1.29 is 13.9 Å². The van der Waals surface area contributed by atoms with Crippen molar-refractivity contribution in [2.24, 2.45) is 4.99 Å². The van der Waals surface area contributed by atoms with E-state index in [0.29, 0.717) is 19.6 Å². The lowest BCUT2D eigenvalue weighted by Gasteiger charge is -2.11. The predicted octanol–water partition coefficient (Wildman–Crippen LogP) is 1.95. The van der Waals surface area contributed by atoms with Gasteiger partial charge in [-0.2, -0.15) is 0 Å². The Morgan fingerprint density at radius 1 is 1.38 bits per heavy atom. The topological polar surface area (TPSA) is 75.9 Å². The quantitative estimate of drug-likeness (QED) is 0.226. The Bertz CT molecular complexity index is 408. The van der Waals surface area contributed by atoms with Crippen molar-refractivity contribution >= 4 is 35.9 Å². The minimum atomic E-state index is -0.157. The van der Waals surface area contributed by atoms with Crippen LogP contribution in [-0.4, -0.2) is 38.7 Å². The molecule has 0 aromatic carbocycles. The van der Waals surface area contributed by atoms with E-state index in [9.17, 15) is 4.79 Å². The maximum absolute atomic E-state index is 11.2. The van der Waals surface area contributed by atoms with Crippen LogP contribution in [0, 0.1) is 0 Å². The molecule has 0 radical (unpaired) electrons. The molecule has 0 bridgehead atoms. The van der Waals surface area contributed by atoms with Gasteiger partial charge in [-0.25, -0.2) is 0 Å². The number of nitrogens with one attached hydrogen (secondary N) is 2. The van der Waals surface area contributed by atoms with Crippen molar-refractivity contribution in [3.05, 3.63) is 24.2 Å². The van der Waals surface area contributed by atoms with Crippen LogP contribution in [0.3, 0.4) is 0 Å². The van der Waals surface area contributed by atoms with E-state index in [1.165, 1.54) is 0 Å². The monoisotopic (exact) mass is 409 g/mol.